The molecule has 1 aromatic carbocycles. The number of imidazole rings is 1. The Balaban J connectivity index is 2.14. The Bertz CT molecular complexity index is 533. The molecular weight excluding hydrogens is 262 g/mol. The van der Waals surface area contributed by atoms with E-state index in [1.54, 1.807) is 0 Å². The van der Waals surface area contributed by atoms with E-state index in [1.807, 2.05) is 25.3 Å². The molecule has 1 aromatic heterocycles. The zero-order chi connectivity index (χ0) is 15.1. The monoisotopic (exact) mass is 287 g/mol. The van der Waals surface area contributed by atoms with Crippen molar-refractivity contribution in [1.82, 2.24) is 14.9 Å². The standard InChI is InChI=1S/C17H25N3O/c1-4-17-19-11-12-20(17)13-16(18-5-2)14-7-9-15(10-8-14)21-6-3/h7-12,16,18H,4-6,13H2,1-3H3. The lowest BCUT2D eigenvalue weighted by Crippen LogP contribution is -2.25. The van der Waals surface area contributed by atoms with Crippen LogP contribution in [-0.2, 0) is 13.0 Å². The lowest BCUT2D eigenvalue weighted by molar-refractivity contribution is 0.340. The number of nitrogens with one attached hydrogen (secondary N) is 1. The number of hydrogen-bond acceptors (Lipinski definition) is 3. The summed E-state index contributed by atoms with van der Waals surface area (Å²) in [5.41, 5.74) is 1.27. The molecule has 1 heterocycles. The lowest BCUT2D eigenvalue weighted by atomic mass is 10.1. The van der Waals surface area contributed by atoms with Crippen LogP contribution in [0.2, 0.25) is 0 Å². The topological polar surface area (TPSA) is 39.1 Å². The van der Waals surface area contributed by atoms with Gasteiger partial charge in [-0.2, -0.15) is 0 Å². The molecule has 0 aliphatic heterocycles. The molecule has 2 aromatic rings. The fraction of sp³-hybridized carbons (Fsp3) is 0.471. The first-order valence-corrected chi connectivity index (χ1v) is 7.74. The van der Waals surface area contributed by atoms with Crippen LogP contribution in [0.15, 0.2) is 36.7 Å². The molecule has 0 bridgehead atoms. The van der Waals surface area contributed by atoms with Crippen molar-refractivity contribution < 1.29 is 4.74 Å². The van der Waals surface area contributed by atoms with Gasteiger partial charge < -0.3 is 14.6 Å². The number of aryl methyl sites for hydroxylation is 1. The van der Waals surface area contributed by atoms with Crippen LogP contribution < -0.4 is 10.1 Å². The second-order valence-corrected chi connectivity index (χ2v) is 4.96. The van der Waals surface area contributed by atoms with Crippen molar-refractivity contribution in [1.29, 1.82) is 0 Å². The summed E-state index contributed by atoms with van der Waals surface area (Å²) in [4.78, 5) is 4.40. The summed E-state index contributed by atoms with van der Waals surface area (Å²) in [6.45, 7) is 8.80. The minimum Gasteiger partial charge on any atom is -0.494 e. The maximum absolute atomic E-state index is 5.51. The third-order valence-corrected chi connectivity index (χ3v) is 3.54. The SMILES string of the molecule is CCNC(Cn1ccnc1CC)c1ccc(OCC)cc1. The van der Waals surface area contributed by atoms with Crippen LogP contribution in [0.25, 0.3) is 0 Å². The molecule has 2 rings (SSSR count). The molecule has 1 N–H and O–H groups in total. The van der Waals surface area contributed by atoms with Gasteiger partial charge in [-0.3, -0.25) is 0 Å². The minimum absolute atomic E-state index is 0.283. The highest BCUT2D eigenvalue weighted by atomic mass is 16.5. The third kappa shape index (κ3) is 4.08. The van der Waals surface area contributed by atoms with E-state index in [0.29, 0.717) is 6.61 Å². The molecule has 21 heavy (non-hydrogen) atoms. The van der Waals surface area contributed by atoms with Crippen LogP contribution in [0.4, 0.5) is 0 Å². The fourth-order valence-electron chi connectivity index (χ4n) is 2.51. The molecule has 0 spiro atoms. The molecule has 0 saturated carbocycles. The van der Waals surface area contributed by atoms with Gasteiger partial charge in [0.2, 0.25) is 0 Å². The maximum Gasteiger partial charge on any atom is 0.119 e. The van der Waals surface area contributed by atoms with Crippen LogP contribution in [-0.4, -0.2) is 22.7 Å². The highest BCUT2D eigenvalue weighted by Gasteiger charge is 2.12. The van der Waals surface area contributed by atoms with Crippen molar-refractivity contribution in [3.63, 3.8) is 0 Å². The van der Waals surface area contributed by atoms with Gasteiger partial charge in [0, 0.05) is 25.4 Å². The smallest absolute Gasteiger partial charge is 0.119 e. The van der Waals surface area contributed by atoms with E-state index in [2.05, 4.69) is 47.0 Å². The largest absolute Gasteiger partial charge is 0.494 e. The van der Waals surface area contributed by atoms with Gasteiger partial charge in [-0.25, -0.2) is 4.98 Å². The van der Waals surface area contributed by atoms with Crippen molar-refractivity contribution in [3.05, 3.63) is 48.0 Å². The molecule has 0 aliphatic carbocycles. The Hall–Kier alpha value is -1.81. The zero-order valence-corrected chi connectivity index (χ0v) is 13.2. The summed E-state index contributed by atoms with van der Waals surface area (Å²) in [6.07, 6.45) is 4.88. The van der Waals surface area contributed by atoms with Gasteiger partial charge in [-0.05, 0) is 31.2 Å². The Kier molecular flexibility index (Phi) is 5.81. The van der Waals surface area contributed by atoms with E-state index in [1.165, 1.54) is 5.56 Å². The van der Waals surface area contributed by atoms with Crippen LogP contribution in [0, 0.1) is 0 Å². The Morgan fingerprint density at radius 1 is 1.19 bits per heavy atom. The summed E-state index contributed by atoms with van der Waals surface area (Å²) < 4.78 is 7.73. The normalized spacial score (nSPS) is 12.3. The lowest BCUT2D eigenvalue weighted by Gasteiger charge is -2.20. The molecule has 0 fully saturated rings. The minimum atomic E-state index is 0.283. The van der Waals surface area contributed by atoms with Gasteiger partial charge in [-0.1, -0.05) is 26.0 Å². The van der Waals surface area contributed by atoms with Crippen LogP contribution >= 0.6 is 0 Å². The average Bonchev–Trinajstić information content (AvgIpc) is 2.95. The van der Waals surface area contributed by atoms with Gasteiger partial charge in [0.25, 0.3) is 0 Å². The highest BCUT2D eigenvalue weighted by molar-refractivity contribution is 5.29. The summed E-state index contributed by atoms with van der Waals surface area (Å²) in [5.74, 6) is 2.05. The van der Waals surface area contributed by atoms with E-state index < -0.39 is 0 Å². The molecule has 1 atom stereocenters. The number of rotatable bonds is 8. The van der Waals surface area contributed by atoms with E-state index in [4.69, 9.17) is 4.74 Å². The van der Waals surface area contributed by atoms with Crippen molar-refractivity contribution >= 4 is 0 Å². The molecule has 114 valence electrons. The molecule has 1 unspecified atom stereocenters. The number of aromatic nitrogens is 2. The molecule has 0 aliphatic rings. The van der Waals surface area contributed by atoms with Crippen molar-refractivity contribution in [2.45, 2.75) is 39.8 Å². The third-order valence-electron chi connectivity index (χ3n) is 3.54. The first-order valence-electron chi connectivity index (χ1n) is 7.74. The quantitative estimate of drug-likeness (QED) is 0.810. The van der Waals surface area contributed by atoms with E-state index >= 15 is 0 Å². The van der Waals surface area contributed by atoms with E-state index in [-0.39, 0.29) is 6.04 Å². The van der Waals surface area contributed by atoms with Gasteiger partial charge in [0.05, 0.1) is 12.6 Å². The second-order valence-electron chi connectivity index (χ2n) is 4.96. The van der Waals surface area contributed by atoms with Gasteiger partial charge in [0.15, 0.2) is 0 Å². The number of hydrogen-bond donors (Lipinski definition) is 1. The summed E-state index contributed by atoms with van der Waals surface area (Å²) in [5, 5.41) is 3.55. The predicted molar refractivity (Wildman–Crippen MR) is 85.6 cm³/mol. The average molecular weight is 287 g/mol. The summed E-state index contributed by atoms with van der Waals surface area (Å²) in [6, 6.07) is 8.64. The Labute approximate surface area is 127 Å². The maximum atomic E-state index is 5.51. The van der Waals surface area contributed by atoms with E-state index in [9.17, 15) is 0 Å². The Morgan fingerprint density at radius 2 is 1.95 bits per heavy atom. The van der Waals surface area contributed by atoms with Gasteiger partial charge in [-0.15, -0.1) is 0 Å². The van der Waals surface area contributed by atoms with Gasteiger partial charge in [0.1, 0.15) is 11.6 Å². The number of ether oxygens (including phenoxy) is 1. The highest BCUT2D eigenvalue weighted by Crippen LogP contribution is 2.20. The van der Waals surface area contributed by atoms with Crippen LogP contribution in [0.5, 0.6) is 5.75 Å². The second kappa shape index (κ2) is 7.84. The fourth-order valence-corrected chi connectivity index (χ4v) is 2.51. The first-order chi connectivity index (χ1) is 10.3. The summed E-state index contributed by atoms with van der Waals surface area (Å²) >= 11 is 0. The molecule has 0 saturated heterocycles. The number of likely N-dealkylation sites (N-methyl/N-ethyl adjacent to an activating group) is 1. The van der Waals surface area contributed by atoms with E-state index in [0.717, 1.165) is 31.1 Å². The molecular formula is C17H25N3O. The van der Waals surface area contributed by atoms with Crippen molar-refractivity contribution in [2.75, 3.05) is 13.2 Å². The zero-order valence-electron chi connectivity index (χ0n) is 13.2. The molecule has 4 heteroatoms. The number of benzene rings is 1. The van der Waals surface area contributed by atoms with Crippen molar-refractivity contribution in [3.8, 4) is 5.75 Å². The van der Waals surface area contributed by atoms with Gasteiger partial charge >= 0.3 is 0 Å². The molecule has 4 nitrogen and oxygen atoms in total. The predicted octanol–water partition coefficient (Wildman–Crippen LogP) is 3.20. The van der Waals surface area contributed by atoms with Crippen LogP contribution in [0.3, 0.4) is 0 Å². The Morgan fingerprint density at radius 3 is 2.57 bits per heavy atom. The summed E-state index contributed by atoms with van der Waals surface area (Å²) in [7, 11) is 0. The van der Waals surface area contributed by atoms with Crippen molar-refractivity contribution in [2.24, 2.45) is 0 Å². The first kappa shape index (κ1) is 15.6. The number of nitrogens with zero attached hydrogens (tertiary/aromatic N) is 2. The molecule has 0 amide bonds. The molecule has 0 radical (unpaired) electrons. The van der Waals surface area contributed by atoms with Crippen LogP contribution in [0.1, 0.15) is 38.2 Å².